The summed E-state index contributed by atoms with van der Waals surface area (Å²) in [5, 5.41) is 18.7. The SMILES string of the molecule is COc1ccc(CN2CCCCC[C@@H]2C[C@H](O)c2ccco2)nn1. The summed E-state index contributed by atoms with van der Waals surface area (Å²) in [4.78, 5) is 2.41. The Morgan fingerprint density at radius 1 is 1.29 bits per heavy atom. The van der Waals surface area contributed by atoms with Crippen molar-refractivity contribution >= 4 is 0 Å². The standard InChI is InChI=1S/C18H25N3O3/c1-23-18-9-8-14(19-20-18)13-21-10-4-2-3-6-15(21)12-16(22)17-7-5-11-24-17/h5,7-9,11,15-16,22H,2-4,6,10,12-13H2,1H3/t15-,16+/m1/s1. The van der Waals surface area contributed by atoms with Gasteiger partial charge in [-0.3, -0.25) is 4.90 Å². The number of aromatic nitrogens is 2. The van der Waals surface area contributed by atoms with Gasteiger partial charge < -0.3 is 14.3 Å². The van der Waals surface area contributed by atoms with E-state index in [4.69, 9.17) is 9.15 Å². The molecular weight excluding hydrogens is 306 g/mol. The molecule has 2 atom stereocenters. The monoisotopic (exact) mass is 331 g/mol. The first-order chi connectivity index (χ1) is 11.8. The van der Waals surface area contributed by atoms with Crippen LogP contribution >= 0.6 is 0 Å². The number of rotatable bonds is 6. The van der Waals surface area contributed by atoms with E-state index in [9.17, 15) is 5.11 Å². The summed E-state index contributed by atoms with van der Waals surface area (Å²) in [5.41, 5.74) is 0.926. The molecule has 6 heteroatoms. The molecule has 1 N–H and O–H groups in total. The summed E-state index contributed by atoms with van der Waals surface area (Å²) in [5.74, 6) is 1.17. The van der Waals surface area contributed by atoms with Crippen LogP contribution < -0.4 is 4.74 Å². The number of ether oxygens (including phenoxy) is 1. The predicted octanol–water partition coefficient (Wildman–Crippen LogP) is 2.95. The van der Waals surface area contributed by atoms with Crippen molar-refractivity contribution in [3.8, 4) is 5.88 Å². The summed E-state index contributed by atoms with van der Waals surface area (Å²) in [6, 6.07) is 7.76. The third-order valence-electron chi connectivity index (χ3n) is 4.64. The van der Waals surface area contributed by atoms with Crippen molar-refractivity contribution in [2.24, 2.45) is 0 Å². The normalized spacial score (nSPS) is 20.5. The number of furan rings is 1. The summed E-state index contributed by atoms with van der Waals surface area (Å²) < 4.78 is 10.4. The van der Waals surface area contributed by atoms with E-state index in [0.717, 1.165) is 25.2 Å². The van der Waals surface area contributed by atoms with Gasteiger partial charge >= 0.3 is 0 Å². The quantitative estimate of drug-likeness (QED) is 0.877. The largest absolute Gasteiger partial charge is 0.480 e. The third kappa shape index (κ3) is 4.33. The minimum Gasteiger partial charge on any atom is -0.480 e. The summed E-state index contributed by atoms with van der Waals surface area (Å²) >= 11 is 0. The molecule has 1 aliphatic rings. The van der Waals surface area contributed by atoms with Crippen LogP contribution in [0.3, 0.4) is 0 Å². The molecule has 1 aliphatic heterocycles. The fourth-order valence-electron chi connectivity index (χ4n) is 3.32. The Balaban J connectivity index is 1.67. The summed E-state index contributed by atoms with van der Waals surface area (Å²) in [6.45, 7) is 1.76. The lowest BCUT2D eigenvalue weighted by atomic mass is 10.0. The number of hydrogen-bond donors (Lipinski definition) is 1. The zero-order chi connectivity index (χ0) is 16.8. The minimum absolute atomic E-state index is 0.316. The fourth-order valence-corrected chi connectivity index (χ4v) is 3.32. The van der Waals surface area contributed by atoms with Gasteiger partial charge in [0, 0.05) is 18.7 Å². The Bertz CT molecular complexity index is 600. The van der Waals surface area contributed by atoms with Gasteiger partial charge in [-0.1, -0.05) is 12.8 Å². The molecule has 1 saturated heterocycles. The van der Waals surface area contributed by atoms with Crippen molar-refractivity contribution in [3.05, 3.63) is 42.0 Å². The molecule has 6 nitrogen and oxygen atoms in total. The number of aliphatic hydroxyl groups excluding tert-OH is 1. The molecule has 0 bridgehead atoms. The van der Waals surface area contributed by atoms with Gasteiger partial charge in [0.1, 0.15) is 11.9 Å². The van der Waals surface area contributed by atoms with E-state index in [1.807, 2.05) is 24.3 Å². The third-order valence-corrected chi connectivity index (χ3v) is 4.64. The molecule has 0 saturated carbocycles. The molecule has 3 heterocycles. The molecule has 2 aromatic rings. The molecule has 24 heavy (non-hydrogen) atoms. The Morgan fingerprint density at radius 3 is 2.92 bits per heavy atom. The van der Waals surface area contributed by atoms with E-state index in [2.05, 4.69) is 15.1 Å². The molecule has 0 aliphatic carbocycles. The van der Waals surface area contributed by atoms with Gasteiger partial charge in [-0.15, -0.1) is 5.10 Å². The van der Waals surface area contributed by atoms with E-state index in [-0.39, 0.29) is 0 Å². The second-order valence-corrected chi connectivity index (χ2v) is 6.31. The van der Waals surface area contributed by atoms with Crippen molar-refractivity contribution in [2.75, 3.05) is 13.7 Å². The highest BCUT2D eigenvalue weighted by Gasteiger charge is 2.25. The van der Waals surface area contributed by atoms with Crippen molar-refractivity contribution in [2.45, 2.75) is 50.8 Å². The first kappa shape index (κ1) is 16.9. The average molecular weight is 331 g/mol. The Kier molecular flexibility index (Phi) is 5.82. The lowest BCUT2D eigenvalue weighted by molar-refractivity contribution is 0.0823. The molecule has 130 valence electrons. The van der Waals surface area contributed by atoms with Crippen LogP contribution in [0, 0.1) is 0 Å². The van der Waals surface area contributed by atoms with Gasteiger partial charge in [0.05, 0.1) is 19.1 Å². The molecule has 0 spiro atoms. The smallest absolute Gasteiger partial charge is 0.233 e. The maximum absolute atomic E-state index is 10.4. The molecule has 0 aromatic carbocycles. The lowest BCUT2D eigenvalue weighted by Gasteiger charge is -2.30. The number of aliphatic hydroxyl groups is 1. The van der Waals surface area contributed by atoms with Gasteiger partial charge in [0.25, 0.3) is 0 Å². The van der Waals surface area contributed by atoms with Crippen LogP contribution in [-0.2, 0) is 6.54 Å². The Morgan fingerprint density at radius 2 is 2.21 bits per heavy atom. The van der Waals surface area contributed by atoms with E-state index < -0.39 is 6.10 Å². The highest BCUT2D eigenvalue weighted by Crippen LogP contribution is 2.27. The maximum Gasteiger partial charge on any atom is 0.233 e. The lowest BCUT2D eigenvalue weighted by Crippen LogP contribution is -2.35. The first-order valence-corrected chi connectivity index (χ1v) is 8.58. The molecule has 0 radical (unpaired) electrons. The maximum atomic E-state index is 10.4. The van der Waals surface area contributed by atoms with Crippen LogP contribution in [0.2, 0.25) is 0 Å². The van der Waals surface area contributed by atoms with Gasteiger partial charge in [-0.05, 0) is 44.0 Å². The van der Waals surface area contributed by atoms with E-state index in [1.165, 1.54) is 19.3 Å². The molecule has 2 aromatic heterocycles. The number of likely N-dealkylation sites (tertiary alicyclic amines) is 1. The Hall–Kier alpha value is -1.92. The Labute approximate surface area is 142 Å². The fraction of sp³-hybridized carbons (Fsp3) is 0.556. The van der Waals surface area contributed by atoms with Crippen molar-refractivity contribution in [1.29, 1.82) is 0 Å². The van der Waals surface area contributed by atoms with Crippen molar-refractivity contribution < 1.29 is 14.3 Å². The van der Waals surface area contributed by atoms with Gasteiger partial charge in [-0.25, -0.2) is 0 Å². The zero-order valence-corrected chi connectivity index (χ0v) is 14.1. The van der Waals surface area contributed by atoms with Gasteiger partial charge in [0.15, 0.2) is 0 Å². The van der Waals surface area contributed by atoms with Gasteiger partial charge in [-0.2, -0.15) is 5.10 Å². The minimum atomic E-state index is -0.562. The molecule has 3 rings (SSSR count). The highest BCUT2D eigenvalue weighted by atomic mass is 16.5. The van der Waals surface area contributed by atoms with Crippen LogP contribution in [0.15, 0.2) is 34.9 Å². The zero-order valence-electron chi connectivity index (χ0n) is 14.1. The van der Waals surface area contributed by atoms with Crippen LogP contribution in [0.4, 0.5) is 0 Å². The molecule has 0 unspecified atom stereocenters. The molecular formula is C18H25N3O3. The first-order valence-electron chi connectivity index (χ1n) is 8.58. The molecule has 1 fully saturated rings. The van der Waals surface area contributed by atoms with Crippen molar-refractivity contribution in [1.82, 2.24) is 15.1 Å². The topological polar surface area (TPSA) is 71.6 Å². The van der Waals surface area contributed by atoms with E-state index in [1.54, 1.807) is 13.4 Å². The van der Waals surface area contributed by atoms with Gasteiger partial charge in [0.2, 0.25) is 5.88 Å². The second-order valence-electron chi connectivity index (χ2n) is 6.31. The van der Waals surface area contributed by atoms with Crippen molar-refractivity contribution in [3.63, 3.8) is 0 Å². The average Bonchev–Trinajstić information content (AvgIpc) is 3.07. The van der Waals surface area contributed by atoms with E-state index >= 15 is 0 Å². The van der Waals surface area contributed by atoms with Crippen LogP contribution in [0.1, 0.15) is 49.7 Å². The van der Waals surface area contributed by atoms with Crippen LogP contribution in [0.5, 0.6) is 5.88 Å². The summed E-state index contributed by atoms with van der Waals surface area (Å²) in [7, 11) is 1.59. The van der Waals surface area contributed by atoms with Crippen LogP contribution in [-0.4, -0.2) is 39.9 Å². The molecule has 0 amide bonds. The summed E-state index contributed by atoms with van der Waals surface area (Å²) in [6.07, 6.45) is 6.41. The second kappa shape index (κ2) is 8.26. The number of methoxy groups -OCH3 is 1. The number of hydrogen-bond acceptors (Lipinski definition) is 6. The number of nitrogens with zero attached hydrogens (tertiary/aromatic N) is 3. The highest BCUT2D eigenvalue weighted by molar-refractivity contribution is 5.11. The van der Waals surface area contributed by atoms with Crippen LogP contribution in [0.25, 0.3) is 0 Å². The van der Waals surface area contributed by atoms with E-state index in [0.29, 0.717) is 24.1 Å². The predicted molar refractivity (Wildman–Crippen MR) is 89.5 cm³/mol.